The summed E-state index contributed by atoms with van der Waals surface area (Å²) in [6.07, 6.45) is 3.59. The van der Waals surface area contributed by atoms with Crippen molar-refractivity contribution in [1.82, 2.24) is 9.47 Å². The van der Waals surface area contributed by atoms with Crippen molar-refractivity contribution in [3.05, 3.63) is 149 Å². The highest BCUT2D eigenvalue weighted by molar-refractivity contribution is 7.95. The van der Waals surface area contributed by atoms with E-state index < -0.39 is 9.84 Å². The van der Waals surface area contributed by atoms with Crippen LogP contribution in [0, 0.1) is 6.92 Å². The van der Waals surface area contributed by atoms with Crippen LogP contribution in [0.2, 0.25) is 0 Å². The SMILES string of the molecule is Cc1ccc(S(=O)(=O)C2=CN(Cc3ccccc3)CCC[C@@H]2c2cc3ccccc3n2Cc2ccccc2)cc1. The molecule has 0 radical (unpaired) electrons. The van der Waals surface area contributed by atoms with Gasteiger partial charge in [-0.1, -0.05) is 96.6 Å². The van der Waals surface area contributed by atoms with Crippen molar-refractivity contribution in [3.63, 3.8) is 0 Å². The lowest BCUT2D eigenvalue weighted by Gasteiger charge is -2.23. The number of aromatic nitrogens is 1. The Morgan fingerprint density at radius 1 is 0.750 bits per heavy atom. The molecule has 4 aromatic carbocycles. The molecule has 0 fully saturated rings. The number of aryl methyl sites for hydroxylation is 1. The molecule has 1 aliphatic rings. The second kappa shape index (κ2) is 11.2. The quantitative estimate of drug-likeness (QED) is 0.210. The number of sulfone groups is 1. The van der Waals surface area contributed by atoms with Crippen LogP contribution < -0.4 is 0 Å². The number of para-hydroxylation sites is 1. The number of fused-ring (bicyclic) bond motifs is 1. The van der Waals surface area contributed by atoms with Crippen LogP contribution in [0.1, 0.15) is 41.1 Å². The molecule has 1 atom stereocenters. The Morgan fingerprint density at radius 3 is 2.08 bits per heavy atom. The normalized spacial score (nSPS) is 16.1. The van der Waals surface area contributed by atoms with E-state index in [2.05, 4.69) is 70.1 Å². The lowest BCUT2D eigenvalue weighted by Crippen LogP contribution is -2.20. The van der Waals surface area contributed by atoms with Crippen molar-refractivity contribution in [1.29, 1.82) is 0 Å². The van der Waals surface area contributed by atoms with E-state index in [1.807, 2.05) is 55.6 Å². The van der Waals surface area contributed by atoms with E-state index in [9.17, 15) is 8.42 Å². The third kappa shape index (κ3) is 5.34. The van der Waals surface area contributed by atoms with E-state index in [0.717, 1.165) is 41.5 Å². The lowest BCUT2D eigenvalue weighted by atomic mass is 9.99. The van der Waals surface area contributed by atoms with Crippen LogP contribution in [0.4, 0.5) is 0 Å². The van der Waals surface area contributed by atoms with Gasteiger partial charge in [0.05, 0.1) is 9.80 Å². The second-order valence-corrected chi connectivity index (χ2v) is 12.6. The average molecular weight is 547 g/mol. The molecule has 0 N–H and O–H groups in total. The first-order chi connectivity index (χ1) is 19.5. The highest BCUT2D eigenvalue weighted by Crippen LogP contribution is 2.40. The van der Waals surface area contributed by atoms with Gasteiger partial charge in [-0.2, -0.15) is 0 Å². The zero-order chi connectivity index (χ0) is 27.5. The fourth-order valence-corrected chi connectivity index (χ4v) is 7.45. The van der Waals surface area contributed by atoms with E-state index in [-0.39, 0.29) is 5.92 Å². The van der Waals surface area contributed by atoms with Gasteiger partial charge in [-0.3, -0.25) is 0 Å². The van der Waals surface area contributed by atoms with Crippen molar-refractivity contribution < 1.29 is 8.42 Å². The molecule has 40 heavy (non-hydrogen) atoms. The van der Waals surface area contributed by atoms with Crippen LogP contribution in [0.25, 0.3) is 10.9 Å². The molecule has 4 nitrogen and oxygen atoms in total. The highest BCUT2D eigenvalue weighted by Gasteiger charge is 2.34. The summed E-state index contributed by atoms with van der Waals surface area (Å²) in [5.74, 6) is -0.261. The number of nitrogens with zero attached hydrogens (tertiary/aromatic N) is 2. The van der Waals surface area contributed by atoms with Gasteiger partial charge in [-0.25, -0.2) is 8.42 Å². The van der Waals surface area contributed by atoms with Gasteiger partial charge in [0.25, 0.3) is 0 Å². The fourth-order valence-electron chi connectivity index (χ4n) is 5.78. The Hall–Kier alpha value is -4.09. The van der Waals surface area contributed by atoms with Gasteiger partial charge >= 0.3 is 0 Å². The predicted molar refractivity (Wildman–Crippen MR) is 163 cm³/mol. The molecule has 1 aliphatic heterocycles. The van der Waals surface area contributed by atoms with Gasteiger partial charge in [-0.15, -0.1) is 0 Å². The first kappa shape index (κ1) is 26.1. The largest absolute Gasteiger partial charge is 0.372 e. The number of hydrogen-bond donors (Lipinski definition) is 0. The van der Waals surface area contributed by atoms with E-state index in [0.29, 0.717) is 22.9 Å². The van der Waals surface area contributed by atoms with Gasteiger partial charge < -0.3 is 9.47 Å². The summed E-state index contributed by atoms with van der Waals surface area (Å²) in [5, 5.41) is 1.13. The van der Waals surface area contributed by atoms with Crippen LogP contribution in [0.15, 0.2) is 131 Å². The van der Waals surface area contributed by atoms with Gasteiger partial charge in [0.2, 0.25) is 9.84 Å². The zero-order valence-corrected chi connectivity index (χ0v) is 23.6. The summed E-state index contributed by atoms with van der Waals surface area (Å²) in [6.45, 7) is 4.14. The Balaban J connectivity index is 1.50. The molecule has 5 heteroatoms. The Morgan fingerprint density at radius 2 is 1.38 bits per heavy atom. The first-order valence-corrected chi connectivity index (χ1v) is 15.4. The molecule has 0 spiro atoms. The standard InChI is InChI=1S/C35H34N2O2S/c1-27-18-20-31(21-19-27)40(38,39)35-26-36(24-28-11-4-2-5-12-28)22-10-16-32(35)34-23-30-15-8-9-17-33(30)37(34)25-29-13-6-3-7-14-29/h2-9,11-15,17-21,23,26,32H,10,16,22,24-25H2,1H3/t32-/m1/s1. The van der Waals surface area contributed by atoms with Crippen LogP contribution in [0.5, 0.6) is 0 Å². The zero-order valence-electron chi connectivity index (χ0n) is 22.8. The number of hydrogen-bond acceptors (Lipinski definition) is 3. The maximum Gasteiger partial charge on any atom is 0.204 e. The summed E-state index contributed by atoms with van der Waals surface area (Å²) in [5.41, 5.74) is 5.57. The topological polar surface area (TPSA) is 42.3 Å². The minimum Gasteiger partial charge on any atom is -0.372 e. The molecule has 0 bridgehead atoms. The van der Waals surface area contributed by atoms with Crippen LogP contribution >= 0.6 is 0 Å². The lowest BCUT2D eigenvalue weighted by molar-refractivity contribution is 0.366. The Kier molecular flexibility index (Phi) is 7.31. The molecule has 202 valence electrons. The predicted octanol–water partition coefficient (Wildman–Crippen LogP) is 7.69. The molecule has 2 heterocycles. The summed E-state index contributed by atoms with van der Waals surface area (Å²) in [4.78, 5) is 3.00. The van der Waals surface area contributed by atoms with E-state index in [4.69, 9.17) is 0 Å². The van der Waals surface area contributed by atoms with Crippen LogP contribution in [0.3, 0.4) is 0 Å². The van der Waals surface area contributed by atoms with Crippen molar-refractivity contribution in [3.8, 4) is 0 Å². The number of allylic oxidation sites excluding steroid dienone is 1. The van der Waals surface area contributed by atoms with Crippen molar-refractivity contribution >= 4 is 20.7 Å². The van der Waals surface area contributed by atoms with Gasteiger partial charge in [0, 0.05) is 43.0 Å². The Labute approximate surface area is 237 Å². The molecule has 0 amide bonds. The van der Waals surface area contributed by atoms with Crippen LogP contribution in [-0.2, 0) is 22.9 Å². The smallest absolute Gasteiger partial charge is 0.204 e. The number of rotatable bonds is 7. The molecule has 0 saturated heterocycles. The van der Waals surface area contributed by atoms with Gasteiger partial charge in [0.15, 0.2) is 0 Å². The second-order valence-electron chi connectivity index (χ2n) is 10.7. The summed E-state index contributed by atoms with van der Waals surface area (Å²) in [6, 6.07) is 38.5. The molecule has 1 aromatic heterocycles. The maximum atomic E-state index is 14.4. The molecule has 5 aromatic rings. The monoisotopic (exact) mass is 546 g/mol. The van der Waals surface area contributed by atoms with Crippen molar-refractivity contribution in [2.75, 3.05) is 6.54 Å². The minimum absolute atomic E-state index is 0.261. The summed E-state index contributed by atoms with van der Waals surface area (Å²) in [7, 11) is -3.75. The van der Waals surface area contributed by atoms with E-state index >= 15 is 0 Å². The van der Waals surface area contributed by atoms with Crippen molar-refractivity contribution in [2.24, 2.45) is 0 Å². The number of benzene rings is 4. The van der Waals surface area contributed by atoms with Gasteiger partial charge in [-0.05, 0) is 60.5 Å². The molecular formula is C35H34N2O2S. The van der Waals surface area contributed by atoms with Crippen LogP contribution in [-0.4, -0.2) is 24.4 Å². The molecular weight excluding hydrogens is 512 g/mol. The van der Waals surface area contributed by atoms with Gasteiger partial charge in [0.1, 0.15) is 0 Å². The minimum atomic E-state index is -3.75. The Bertz CT molecular complexity index is 1740. The average Bonchev–Trinajstić information content (AvgIpc) is 3.18. The molecule has 6 rings (SSSR count). The van der Waals surface area contributed by atoms with E-state index in [1.165, 1.54) is 11.1 Å². The third-order valence-corrected chi connectivity index (χ3v) is 9.75. The first-order valence-electron chi connectivity index (χ1n) is 13.9. The molecule has 0 saturated carbocycles. The van der Waals surface area contributed by atoms with Crippen molar-refractivity contribution in [2.45, 2.75) is 43.7 Å². The van der Waals surface area contributed by atoms with E-state index in [1.54, 1.807) is 12.1 Å². The molecule has 0 unspecified atom stereocenters. The summed E-state index contributed by atoms with van der Waals surface area (Å²) >= 11 is 0. The summed E-state index contributed by atoms with van der Waals surface area (Å²) < 4.78 is 31.1. The maximum absolute atomic E-state index is 14.4. The third-order valence-electron chi connectivity index (χ3n) is 7.84. The highest BCUT2D eigenvalue weighted by atomic mass is 32.2. The fraction of sp³-hybridized carbons (Fsp3) is 0.200. The molecule has 0 aliphatic carbocycles.